The molecule has 0 aliphatic carbocycles. The summed E-state index contributed by atoms with van der Waals surface area (Å²) < 4.78 is 13.4. The molecule has 0 rings (SSSR count). The number of carbonyl (C=O) groups is 3. The summed E-state index contributed by atoms with van der Waals surface area (Å²) in [4.78, 5) is 31.3. The number of esters is 2. The third-order valence-corrected chi connectivity index (χ3v) is 1.51. The minimum absolute atomic E-state index is 0.0139. The van der Waals surface area contributed by atoms with Crippen LogP contribution in [0.4, 0.5) is 0 Å². The van der Waals surface area contributed by atoms with E-state index < -0.39 is 11.9 Å². The lowest BCUT2D eigenvalue weighted by Gasteiger charge is -2.03. The van der Waals surface area contributed by atoms with Crippen molar-refractivity contribution in [3.63, 3.8) is 0 Å². The van der Waals surface area contributed by atoms with Gasteiger partial charge in [-0.1, -0.05) is 0 Å². The maximum Gasteiger partial charge on any atom is 0.308 e. The van der Waals surface area contributed by atoms with E-state index in [1.807, 2.05) is 0 Å². The van der Waals surface area contributed by atoms with Gasteiger partial charge in [0.2, 0.25) is 0 Å². The van der Waals surface area contributed by atoms with Crippen LogP contribution < -0.4 is 0 Å². The second-order valence-electron chi connectivity index (χ2n) is 2.62. The molecule has 86 valence electrons. The Kier molecular flexibility index (Phi) is 8.03. The van der Waals surface area contributed by atoms with Gasteiger partial charge in [0, 0.05) is 6.42 Å². The van der Waals surface area contributed by atoms with Gasteiger partial charge in [0.25, 0.3) is 6.47 Å². The molecule has 0 aliphatic heterocycles. The Labute approximate surface area is 87.5 Å². The maximum absolute atomic E-state index is 11.0. The second kappa shape index (κ2) is 8.98. The highest BCUT2D eigenvalue weighted by Crippen LogP contribution is 1.95. The number of hydrogen-bond donors (Lipinski definition) is 0. The number of carbonyl (C=O) groups excluding carboxylic acids is 3. The zero-order chi connectivity index (χ0) is 11.5. The van der Waals surface area contributed by atoms with E-state index >= 15 is 0 Å². The van der Waals surface area contributed by atoms with E-state index in [1.165, 1.54) is 7.11 Å². The highest BCUT2D eigenvalue weighted by Gasteiger charge is 2.05. The van der Waals surface area contributed by atoms with Crippen molar-refractivity contribution < 1.29 is 28.6 Å². The predicted octanol–water partition coefficient (Wildman–Crippen LogP) is 0.0459. The molecule has 0 aromatic carbocycles. The maximum atomic E-state index is 11.0. The van der Waals surface area contributed by atoms with Crippen molar-refractivity contribution in [3.8, 4) is 0 Å². The molecule has 0 saturated heterocycles. The molecular weight excluding hydrogens is 204 g/mol. The van der Waals surface area contributed by atoms with Gasteiger partial charge in [-0.25, -0.2) is 0 Å². The minimum atomic E-state index is -0.424. The first-order valence-electron chi connectivity index (χ1n) is 4.48. The van der Waals surface area contributed by atoms with Gasteiger partial charge < -0.3 is 14.2 Å². The van der Waals surface area contributed by atoms with E-state index in [0.717, 1.165) is 0 Å². The summed E-state index contributed by atoms with van der Waals surface area (Å²) >= 11 is 0. The molecule has 0 heterocycles. The Morgan fingerprint density at radius 3 is 2.47 bits per heavy atom. The van der Waals surface area contributed by atoms with Crippen LogP contribution in [0, 0.1) is 0 Å². The third-order valence-electron chi connectivity index (χ3n) is 1.51. The largest absolute Gasteiger partial charge is 0.469 e. The quantitative estimate of drug-likeness (QED) is 0.248. The number of ether oxygens (including phenoxy) is 3. The Hall–Kier alpha value is -1.59. The van der Waals surface area contributed by atoms with E-state index in [1.54, 1.807) is 0 Å². The molecule has 6 nitrogen and oxygen atoms in total. The van der Waals surface area contributed by atoms with Gasteiger partial charge in [0.05, 0.1) is 20.1 Å². The van der Waals surface area contributed by atoms with Crippen molar-refractivity contribution in [2.24, 2.45) is 0 Å². The predicted molar refractivity (Wildman–Crippen MR) is 48.8 cm³/mol. The molecule has 0 radical (unpaired) electrons. The molecule has 0 aromatic heterocycles. The molecule has 0 aromatic rings. The van der Waals surface area contributed by atoms with Gasteiger partial charge in [-0.05, 0) is 6.42 Å². The van der Waals surface area contributed by atoms with Gasteiger partial charge in [-0.15, -0.1) is 0 Å². The van der Waals surface area contributed by atoms with Crippen LogP contribution in [0.2, 0.25) is 0 Å². The van der Waals surface area contributed by atoms with Crippen molar-refractivity contribution >= 4 is 18.4 Å². The molecular formula is C9H14O6. The first kappa shape index (κ1) is 13.4. The molecule has 6 heteroatoms. The summed E-state index contributed by atoms with van der Waals surface area (Å²) in [6.07, 6.45) is 0.623. The summed E-state index contributed by atoms with van der Waals surface area (Å²) in [6, 6.07) is 0. The lowest BCUT2D eigenvalue weighted by Crippen LogP contribution is -2.11. The monoisotopic (exact) mass is 218 g/mol. The van der Waals surface area contributed by atoms with Crippen LogP contribution in [-0.2, 0) is 28.6 Å². The Morgan fingerprint density at radius 1 is 1.13 bits per heavy atom. The zero-order valence-corrected chi connectivity index (χ0v) is 8.56. The zero-order valence-electron chi connectivity index (χ0n) is 8.56. The fraction of sp³-hybridized carbons (Fsp3) is 0.667. The first-order valence-corrected chi connectivity index (χ1v) is 4.48. The van der Waals surface area contributed by atoms with Gasteiger partial charge >= 0.3 is 11.9 Å². The molecule has 0 atom stereocenters. The van der Waals surface area contributed by atoms with Gasteiger partial charge in [0.15, 0.2) is 0 Å². The Morgan fingerprint density at radius 2 is 1.87 bits per heavy atom. The van der Waals surface area contributed by atoms with Crippen LogP contribution in [0.5, 0.6) is 0 Å². The summed E-state index contributed by atoms with van der Waals surface area (Å²) in [5.74, 6) is -0.847. The van der Waals surface area contributed by atoms with E-state index in [4.69, 9.17) is 4.74 Å². The normalized spacial score (nSPS) is 9.13. The summed E-state index contributed by atoms with van der Waals surface area (Å²) in [7, 11) is 1.26. The smallest absolute Gasteiger partial charge is 0.308 e. The fourth-order valence-electron chi connectivity index (χ4n) is 0.770. The molecule has 15 heavy (non-hydrogen) atoms. The van der Waals surface area contributed by atoms with Crippen LogP contribution in [0.25, 0.3) is 0 Å². The van der Waals surface area contributed by atoms with Crippen LogP contribution in [0.15, 0.2) is 0 Å². The lowest BCUT2D eigenvalue weighted by atomic mass is 10.3. The average Bonchev–Trinajstić information content (AvgIpc) is 2.24. The number of rotatable bonds is 8. The molecule has 0 unspecified atom stereocenters. The lowest BCUT2D eigenvalue weighted by molar-refractivity contribution is -0.148. The van der Waals surface area contributed by atoms with Crippen molar-refractivity contribution in [1.29, 1.82) is 0 Å². The molecule has 0 saturated carbocycles. The van der Waals surface area contributed by atoms with Crippen molar-refractivity contribution in [1.82, 2.24) is 0 Å². The molecule has 0 aliphatic rings. The summed E-state index contributed by atoms with van der Waals surface area (Å²) in [5, 5.41) is 0. The highest BCUT2D eigenvalue weighted by atomic mass is 16.5. The molecule has 0 N–H and O–H groups in total. The van der Waals surface area contributed by atoms with E-state index in [9.17, 15) is 14.4 Å². The van der Waals surface area contributed by atoms with Crippen LogP contribution >= 0.6 is 0 Å². The van der Waals surface area contributed by atoms with Crippen molar-refractivity contribution in [3.05, 3.63) is 0 Å². The summed E-state index contributed by atoms with van der Waals surface area (Å²) in [5.41, 5.74) is 0. The van der Waals surface area contributed by atoms with Crippen LogP contribution in [-0.4, -0.2) is 38.7 Å². The van der Waals surface area contributed by atoms with Crippen molar-refractivity contribution in [2.75, 3.05) is 20.3 Å². The number of methoxy groups -OCH3 is 1. The third kappa shape index (κ3) is 8.73. The van der Waals surface area contributed by atoms with E-state index in [0.29, 0.717) is 12.9 Å². The minimum Gasteiger partial charge on any atom is -0.469 e. The first-order chi connectivity index (χ1) is 7.20. The Balaban J connectivity index is 3.33. The Bertz CT molecular complexity index is 213. The van der Waals surface area contributed by atoms with Gasteiger partial charge in [-0.2, -0.15) is 0 Å². The second-order valence-corrected chi connectivity index (χ2v) is 2.62. The van der Waals surface area contributed by atoms with Gasteiger partial charge in [-0.3, -0.25) is 14.4 Å². The van der Waals surface area contributed by atoms with E-state index in [-0.39, 0.29) is 26.1 Å². The summed E-state index contributed by atoms with van der Waals surface area (Å²) in [6.45, 7) is 0.526. The highest BCUT2D eigenvalue weighted by molar-refractivity contribution is 5.71. The van der Waals surface area contributed by atoms with Crippen molar-refractivity contribution in [2.45, 2.75) is 19.3 Å². The molecule has 0 spiro atoms. The standard InChI is InChI=1S/C9H14O6/c1-13-8(11)4-6-15-9(12)3-2-5-14-7-10/h7H,2-6H2,1H3. The van der Waals surface area contributed by atoms with E-state index in [2.05, 4.69) is 9.47 Å². The van der Waals surface area contributed by atoms with Crippen LogP contribution in [0.1, 0.15) is 19.3 Å². The van der Waals surface area contributed by atoms with Gasteiger partial charge in [0.1, 0.15) is 6.61 Å². The van der Waals surface area contributed by atoms with Crippen LogP contribution in [0.3, 0.4) is 0 Å². The molecule has 0 fully saturated rings. The topological polar surface area (TPSA) is 78.9 Å². The molecule has 0 amide bonds. The fourth-order valence-corrected chi connectivity index (χ4v) is 0.770. The molecule has 0 bridgehead atoms. The number of hydrogen-bond acceptors (Lipinski definition) is 6. The average molecular weight is 218 g/mol. The SMILES string of the molecule is COC(=O)CCOC(=O)CCCOC=O.